The first kappa shape index (κ1) is 17.2. The fraction of sp³-hybridized carbons (Fsp3) is 0.800. The molecule has 0 spiro atoms. The van der Waals surface area contributed by atoms with Crippen LogP contribution in [-0.2, 0) is 11.3 Å². The topological polar surface area (TPSA) is 91.5 Å². The first-order valence-corrected chi connectivity index (χ1v) is 8.20. The lowest BCUT2D eigenvalue weighted by Gasteiger charge is -2.21. The number of aryl methyl sites for hydroxylation is 1. The normalized spacial score (nSPS) is 29.9. The lowest BCUT2D eigenvalue weighted by molar-refractivity contribution is -0.126. The SMILES string of the molecule is Cc1noc(CN2C[C@H](O)[C@H](NC(=O)C[C@H]3CCCC3(F)F)C2)n1. The van der Waals surface area contributed by atoms with Crippen LogP contribution >= 0.6 is 0 Å². The van der Waals surface area contributed by atoms with Crippen LogP contribution in [0.5, 0.6) is 0 Å². The number of rotatable bonds is 5. The Morgan fingerprint density at radius 1 is 1.50 bits per heavy atom. The van der Waals surface area contributed by atoms with Gasteiger partial charge in [0.15, 0.2) is 5.82 Å². The first-order chi connectivity index (χ1) is 11.3. The first-order valence-electron chi connectivity index (χ1n) is 8.20. The highest BCUT2D eigenvalue weighted by Crippen LogP contribution is 2.42. The number of aliphatic hydroxyl groups excluding tert-OH is 1. The van der Waals surface area contributed by atoms with Crippen LogP contribution in [-0.4, -0.2) is 57.2 Å². The number of carbonyl (C=O) groups excluding carboxylic acids is 1. The fourth-order valence-electron chi connectivity index (χ4n) is 3.47. The predicted octanol–water partition coefficient (Wildman–Crippen LogP) is 0.865. The van der Waals surface area contributed by atoms with Gasteiger partial charge in [-0.1, -0.05) is 5.16 Å². The highest BCUT2D eigenvalue weighted by atomic mass is 19.3. The van der Waals surface area contributed by atoms with Crippen molar-refractivity contribution >= 4 is 5.91 Å². The third-order valence-corrected chi connectivity index (χ3v) is 4.73. The summed E-state index contributed by atoms with van der Waals surface area (Å²) in [6.07, 6.45) is -0.264. The molecule has 1 saturated carbocycles. The molecular formula is C15H22F2N4O3. The van der Waals surface area contributed by atoms with Gasteiger partial charge in [-0.25, -0.2) is 8.78 Å². The Balaban J connectivity index is 1.49. The van der Waals surface area contributed by atoms with E-state index in [0.717, 1.165) is 0 Å². The van der Waals surface area contributed by atoms with Gasteiger partial charge in [0.2, 0.25) is 11.8 Å². The van der Waals surface area contributed by atoms with E-state index in [0.29, 0.717) is 44.2 Å². The lowest BCUT2D eigenvalue weighted by atomic mass is 10.00. The summed E-state index contributed by atoms with van der Waals surface area (Å²) in [5.74, 6) is -3.10. The summed E-state index contributed by atoms with van der Waals surface area (Å²) in [4.78, 5) is 18.0. The summed E-state index contributed by atoms with van der Waals surface area (Å²) in [6, 6.07) is -0.475. The summed E-state index contributed by atoms with van der Waals surface area (Å²) in [5, 5.41) is 16.5. The molecule has 134 valence electrons. The molecule has 2 heterocycles. The second-order valence-electron chi connectivity index (χ2n) is 6.73. The zero-order valence-corrected chi connectivity index (χ0v) is 13.5. The van der Waals surface area contributed by atoms with Crippen molar-refractivity contribution in [3.63, 3.8) is 0 Å². The quantitative estimate of drug-likeness (QED) is 0.823. The Morgan fingerprint density at radius 3 is 2.92 bits per heavy atom. The molecule has 1 aliphatic heterocycles. The summed E-state index contributed by atoms with van der Waals surface area (Å²) in [6.45, 7) is 2.86. The van der Waals surface area contributed by atoms with Crippen LogP contribution in [0.1, 0.15) is 37.4 Å². The van der Waals surface area contributed by atoms with Gasteiger partial charge in [0.1, 0.15) is 0 Å². The number of carbonyl (C=O) groups is 1. The molecule has 7 nitrogen and oxygen atoms in total. The fourth-order valence-corrected chi connectivity index (χ4v) is 3.47. The molecule has 0 unspecified atom stereocenters. The van der Waals surface area contributed by atoms with Crippen LogP contribution in [0.2, 0.25) is 0 Å². The molecule has 1 saturated heterocycles. The Kier molecular flexibility index (Phi) is 4.82. The van der Waals surface area contributed by atoms with Crippen LogP contribution in [0, 0.1) is 12.8 Å². The van der Waals surface area contributed by atoms with Gasteiger partial charge in [0.05, 0.1) is 18.7 Å². The number of amides is 1. The van der Waals surface area contributed by atoms with E-state index in [-0.39, 0.29) is 12.8 Å². The van der Waals surface area contributed by atoms with Gasteiger partial charge in [-0.3, -0.25) is 9.69 Å². The molecule has 3 atom stereocenters. The summed E-state index contributed by atoms with van der Waals surface area (Å²) in [5.41, 5.74) is 0. The van der Waals surface area contributed by atoms with Gasteiger partial charge < -0.3 is 14.9 Å². The average Bonchev–Trinajstić information content (AvgIpc) is 3.13. The van der Waals surface area contributed by atoms with Gasteiger partial charge in [0.25, 0.3) is 5.92 Å². The van der Waals surface area contributed by atoms with E-state index in [2.05, 4.69) is 15.5 Å². The second kappa shape index (κ2) is 6.72. The van der Waals surface area contributed by atoms with E-state index in [1.165, 1.54) is 0 Å². The number of hydrogen-bond donors (Lipinski definition) is 2. The molecule has 2 N–H and O–H groups in total. The minimum Gasteiger partial charge on any atom is -0.390 e. The highest BCUT2D eigenvalue weighted by Gasteiger charge is 2.45. The zero-order chi connectivity index (χ0) is 17.3. The summed E-state index contributed by atoms with van der Waals surface area (Å²) in [7, 11) is 0. The number of hydrogen-bond acceptors (Lipinski definition) is 6. The smallest absolute Gasteiger partial charge is 0.251 e. The van der Waals surface area contributed by atoms with Crippen LogP contribution in [0.25, 0.3) is 0 Å². The van der Waals surface area contributed by atoms with Crippen molar-refractivity contribution in [2.24, 2.45) is 5.92 Å². The molecule has 9 heteroatoms. The minimum absolute atomic E-state index is 0.144. The predicted molar refractivity (Wildman–Crippen MR) is 79.2 cm³/mol. The molecule has 0 radical (unpaired) electrons. The number of aromatic nitrogens is 2. The van der Waals surface area contributed by atoms with Crippen molar-refractivity contribution in [1.29, 1.82) is 0 Å². The number of β-amino-alcohol motifs (C(OH)–C–C–N with tert-alkyl or cyclic N) is 1. The zero-order valence-electron chi connectivity index (χ0n) is 13.5. The molecule has 0 bridgehead atoms. The molecule has 1 aliphatic carbocycles. The minimum atomic E-state index is -2.76. The molecule has 24 heavy (non-hydrogen) atoms. The van der Waals surface area contributed by atoms with Crippen LogP contribution < -0.4 is 5.32 Å². The standard InChI is InChI=1S/C15H22F2N4O3/c1-9-18-14(24-20-9)8-21-6-11(12(22)7-21)19-13(23)5-10-3-2-4-15(10,16)17/h10-12,22H,2-8H2,1H3,(H,19,23)/t10-,11-,12+/m1/s1. The molecule has 3 rings (SSSR count). The Morgan fingerprint density at radius 2 is 2.29 bits per heavy atom. The van der Waals surface area contributed by atoms with Gasteiger partial charge in [-0.2, -0.15) is 4.98 Å². The summed E-state index contributed by atoms with van der Waals surface area (Å²) < 4.78 is 32.2. The third kappa shape index (κ3) is 3.89. The molecule has 1 aromatic heterocycles. The highest BCUT2D eigenvalue weighted by molar-refractivity contribution is 5.76. The molecule has 0 aromatic carbocycles. The van der Waals surface area contributed by atoms with Gasteiger partial charge in [0, 0.05) is 31.8 Å². The average molecular weight is 344 g/mol. The Labute approximate surface area is 138 Å². The molecular weight excluding hydrogens is 322 g/mol. The number of likely N-dealkylation sites (tertiary alicyclic amines) is 1. The maximum absolute atomic E-state index is 13.6. The lowest BCUT2D eigenvalue weighted by Crippen LogP contribution is -2.44. The van der Waals surface area contributed by atoms with Crippen molar-refractivity contribution in [2.75, 3.05) is 13.1 Å². The van der Waals surface area contributed by atoms with E-state index in [1.54, 1.807) is 6.92 Å². The van der Waals surface area contributed by atoms with Gasteiger partial charge >= 0.3 is 0 Å². The van der Waals surface area contributed by atoms with E-state index >= 15 is 0 Å². The molecule has 2 aliphatic rings. The number of nitrogens with zero attached hydrogens (tertiary/aromatic N) is 3. The molecule has 1 amide bonds. The van der Waals surface area contributed by atoms with E-state index < -0.39 is 29.9 Å². The number of alkyl halides is 2. The largest absolute Gasteiger partial charge is 0.390 e. The summed E-state index contributed by atoms with van der Waals surface area (Å²) >= 11 is 0. The number of nitrogens with one attached hydrogen (secondary N) is 1. The third-order valence-electron chi connectivity index (χ3n) is 4.73. The van der Waals surface area contributed by atoms with Crippen molar-refractivity contribution in [1.82, 2.24) is 20.4 Å². The maximum Gasteiger partial charge on any atom is 0.251 e. The van der Waals surface area contributed by atoms with Crippen molar-refractivity contribution in [3.8, 4) is 0 Å². The van der Waals surface area contributed by atoms with Crippen LogP contribution in [0.3, 0.4) is 0 Å². The Bertz CT molecular complexity index is 595. The van der Waals surface area contributed by atoms with E-state index in [4.69, 9.17) is 4.52 Å². The number of aliphatic hydroxyl groups is 1. The monoisotopic (exact) mass is 344 g/mol. The van der Waals surface area contributed by atoms with Crippen molar-refractivity contribution < 1.29 is 23.2 Å². The van der Waals surface area contributed by atoms with E-state index in [1.807, 2.05) is 4.90 Å². The van der Waals surface area contributed by atoms with Crippen molar-refractivity contribution in [2.45, 2.75) is 57.2 Å². The van der Waals surface area contributed by atoms with Gasteiger partial charge in [-0.15, -0.1) is 0 Å². The van der Waals surface area contributed by atoms with Gasteiger partial charge in [-0.05, 0) is 19.8 Å². The Hall–Kier alpha value is -1.61. The van der Waals surface area contributed by atoms with Crippen molar-refractivity contribution in [3.05, 3.63) is 11.7 Å². The van der Waals surface area contributed by atoms with Crippen LogP contribution in [0.4, 0.5) is 8.78 Å². The molecule has 2 fully saturated rings. The second-order valence-corrected chi connectivity index (χ2v) is 6.73. The maximum atomic E-state index is 13.6. The molecule has 1 aromatic rings. The number of halogens is 2. The van der Waals surface area contributed by atoms with E-state index in [9.17, 15) is 18.7 Å². The van der Waals surface area contributed by atoms with Crippen LogP contribution in [0.15, 0.2) is 4.52 Å².